The van der Waals surface area contributed by atoms with Gasteiger partial charge in [-0.25, -0.2) is 9.78 Å². The number of imidazole rings is 1. The quantitative estimate of drug-likeness (QED) is 0.746. The van der Waals surface area contributed by atoms with Crippen LogP contribution in [0.3, 0.4) is 0 Å². The molecule has 2 aromatic rings. The van der Waals surface area contributed by atoms with Crippen molar-refractivity contribution < 1.29 is 9.59 Å². The summed E-state index contributed by atoms with van der Waals surface area (Å²) in [5.74, 6) is -0.0706. The maximum atomic E-state index is 13.2. The molecule has 0 spiro atoms. The summed E-state index contributed by atoms with van der Waals surface area (Å²) in [6.07, 6.45) is 1.99. The molecule has 1 aliphatic heterocycles. The van der Waals surface area contributed by atoms with Crippen LogP contribution >= 0.6 is 0 Å². The van der Waals surface area contributed by atoms with Crippen LogP contribution in [0.15, 0.2) is 15.9 Å². The number of likely N-dealkylation sites (tertiary alicyclic amines) is 1. The molecular weight excluding hydrogens is 350 g/mol. The lowest BCUT2D eigenvalue weighted by atomic mass is 9.79. The molecule has 1 saturated heterocycles. The average molecular weight is 375 g/mol. The lowest BCUT2D eigenvalue weighted by Crippen LogP contribution is -2.63. The number of ketones is 1. The van der Waals surface area contributed by atoms with Crippen molar-refractivity contribution in [1.29, 1.82) is 0 Å². The number of piperidine rings is 1. The first-order chi connectivity index (χ1) is 12.4. The van der Waals surface area contributed by atoms with E-state index in [0.717, 1.165) is 4.57 Å². The Kier molecular flexibility index (Phi) is 4.16. The normalized spacial score (nSPS) is 18.9. The molecule has 0 aromatic carbocycles. The topological polar surface area (TPSA) is 99.2 Å². The molecule has 146 valence electrons. The summed E-state index contributed by atoms with van der Waals surface area (Å²) in [4.78, 5) is 55.8. The zero-order valence-electron chi connectivity index (χ0n) is 16.6. The van der Waals surface area contributed by atoms with Crippen LogP contribution in [0.4, 0.5) is 0 Å². The van der Waals surface area contributed by atoms with Crippen LogP contribution in [-0.2, 0) is 30.2 Å². The van der Waals surface area contributed by atoms with Gasteiger partial charge in [-0.3, -0.25) is 23.5 Å². The molecule has 3 rings (SSSR count). The lowest BCUT2D eigenvalue weighted by Gasteiger charge is -2.52. The van der Waals surface area contributed by atoms with Crippen LogP contribution in [0.5, 0.6) is 0 Å². The van der Waals surface area contributed by atoms with Gasteiger partial charge in [0, 0.05) is 38.0 Å². The second-order valence-corrected chi connectivity index (χ2v) is 8.50. The van der Waals surface area contributed by atoms with Gasteiger partial charge in [-0.2, -0.15) is 0 Å². The van der Waals surface area contributed by atoms with Crippen LogP contribution in [0.1, 0.15) is 40.5 Å². The Balaban J connectivity index is 2.06. The number of hydrogen-bond donors (Lipinski definition) is 0. The zero-order chi connectivity index (χ0) is 20.3. The molecular formula is C18H25N5O4. The molecule has 2 aromatic heterocycles. The average Bonchev–Trinajstić information content (AvgIpc) is 2.91. The summed E-state index contributed by atoms with van der Waals surface area (Å²) in [5.41, 5.74) is -1.76. The number of nitrogens with zero attached hydrogens (tertiary/aromatic N) is 5. The number of rotatable bonds is 2. The molecule has 9 heteroatoms. The second kappa shape index (κ2) is 5.90. The number of carbonyl (C=O) groups excluding carboxylic acids is 2. The van der Waals surface area contributed by atoms with Crippen LogP contribution < -0.4 is 11.2 Å². The van der Waals surface area contributed by atoms with Gasteiger partial charge < -0.3 is 9.47 Å². The summed E-state index contributed by atoms with van der Waals surface area (Å²) in [7, 11) is 2.93. The standard InChI is InChI=1S/C18H25N5O4/c1-17(2)7-11(24)8-18(3,4)23(17)12(25)9-22-10-19-14-13(22)15(26)21(6)16(27)20(14)5/h10H,7-9H2,1-6H3. The Hall–Kier alpha value is -2.71. The smallest absolute Gasteiger partial charge is 0.330 e. The van der Waals surface area contributed by atoms with E-state index in [1.54, 1.807) is 4.90 Å². The summed E-state index contributed by atoms with van der Waals surface area (Å²) < 4.78 is 3.76. The lowest BCUT2D eigenvalue weighted by molar-refractivity contribution is -0.154. The maximum Gasteiger partial charge on any atom is 0.332 e. The molecule has 9 nitrogen and oxygen atoms in total. The Morgan fingerprint density at radius 1 is 1.04 bits per heavy atom. The van der Waals surface area contributed by atoms with Gasteiger partial charge >= 0.3 is 5.69 Å². The number of carbonyl (C=O) groups is 2. The molecule has 3 heterocycles. The zero-order valence-corrected chi connectivity index (χ0v) is 16.6. The molecule has 1 fully saturated rings. The number of hydrogen-bond acceptors (Lipinski definition) is 5. The molecule has 1 aliphatic rings. The monoisotopic (exact) mass is 375 g/mol. The fraction of sp³-hybridized carbons (Fsp3) is 0.611. The largest absolute Gasteiger partial charge is 0.332 e. The van der Waals surface area contributed by atoms with E-state index >= 15 is 0 Å². The van der Waals surface area contributed by atoms with Crippen LogP contribution in [0, 0.1) is 0 Å². The maximum absolute atomic E-state index is 13.2. The minimum Gasteiger partial charge on any atom is -0.330 e. The van der Waals surface area contributed by atoms with E-state index in [1.165, 1.54) is 29.6 Å². The van der Waals surface area contributed by atoms with Crippen molar-refractivity contribution in [3.63, 3.8) is 0 Å². The van der Waals surface area contributed by atoms with Crippen LogP contribution in [-0.4, -0.2) is 46.4 Å². The van der Waals surface area contributed by atoms with Crippen molar-refractivity contribution in [2.24, 2.45) is 14.1 Å². The number of aryl methyl sites for hydroxylation is 1. The summed E-state index contributed by atoms with van der Waals surface area (Å²) in [5, 5.41) is 0. The summed E-state index contributed by atoms with van der Waals surface area (Å²) >= 11 is 0. The number of amides is 1. The predicted octanol–water partition coefficient (Wildman–Crippen LogP) is 0.182. The third-order valence-corrected chi connectivity index (χ3v) is 5.24. The first kappa shape index (κ1) is 19.1. The van der Waals surface area contributed by atoms with E-state index in [-0.39, 0.29) is 29.4 Å². The van der Waals surface area contributed by atoms with Crippen molar-refractivity contribution in [3.8, 4) is 0 Å². The van der Waals surface area contributed by atoms with Gasteiger partial charge in [0.1, 0.15) is 12.3 Å². The van der Waals surface area contributed by atoms with Gasteiger partial charge in [0.05, 0.1) is 6.33 Å². The van der Waals surface area contributed by atoms with Gasteiger partial charge in [0.2, 0.25) is 5.91 Å². The summed E-state index contributed by atoms with van der Waals surface area (Å²) in [6, 6.07) is 0. The molecule has 1 amide bonds. The predicted molar refractivity (Wildman–Crippen MR) is 99.5 cm³/mol. The van der Waals surface area contributed by atoms with Crippen molar-refractivity contribution in [2.45, 2.75) is 58.2 Å². The summed E-state index contributed by atoms with van der Waals surface area (Å²) in [6.45, 7) is 7.40. The van der Waals surface area contributed by atoms with E-state index in [9.17, 15) is 19.2 Å². The van der Waals surface area contributed by atoms with E-state index in [0.29, 0.717) is 12.8 Å². The molecule has 0 radical (unpaired) electrons. The first-order valence-electron chi connectivity index (χ1n) is 8.82. The first-order valence-corrected chi connectivity index (χ1v) is 8.82. The SMILES string of the molecule is Cn1c(=O)c2c(ncn2CC(=O)N2C(C)(C)CC(=O)CC2(C)C)n(C)c1=O. The van der Waals surface area contributed by atoms with Crippen molar-refractivity contribution in [3.05, 3.63) is 27.2 Å². The molecule has 0 aliphatic carbocycles. The van der Waals surface area contributed by atoms with Crippen molar-refractivity contribution >= 4 is 22.9 Å². The highest BCUT2D eigenvalue weighted by atomic mass is 16.2. The Morgan fingerprint density at radius 3 is 2.15 bits per heavy atom. The highest BCUT2D eigenvalue weighted by Crippen LogP contribution is 2.36. The van der Waals surface area contributed by atoms with Crippen LogP contribution in [0.25, 0.3) is 11.2 Å². The highest BCUT2D eigenvalue weighted by Gasteiger charge is 2.47. The highest BCUT2D eigenvalue weighted by molar-refractivity contribution is 5.87. The van der Waals surface area contributed by atoms with E-state index < -0.39 is 22.3 Å². The van der Waals surface area contributed by atoms with E-state index in [1.807, 2.05) is 27.7 Å². The fourth-order valence-electron chi connectivity index (χ4n) is 4.41. The third kappa shape index (κ3) is 2.90. The second-order valence-electron chi connectivity index (χ2n) is 8.50. The molecule has 0 bridgehead atoms. The van der Waals surface area contributed by atoms with Gasteiger partial charge in [-0.15, -0.1) is 0 Å². The minimum atomic E-state index is -0.621. The van der Waals surface area contributed by atoms with E-state index in [2.05, 4.69) is 4.98 Å². The molecule has 0 unspecified atom stereocenters. The van der Waals surface area contributed by atoms with E-state index in [4.69, 9.17) is 0 Å². The molecule has 0 saturated carbocycles. The number of aromatic nitrogens is 4. The number of fused-ring (bicyclic) bond motifs is 1. The minimum absolute atomic E-state index is 0.0923. The van der Waals surface area contributed by atoms with Crippen molar-refractivity contribution in [2.75, 3.05) is 0 Å². The fourth-order valence-corrected chi connectivity index (χ4v) is 4.41. The number of Topliss-reactive ketones (excluding diaryl/α,β-unsaturated/α-hetero) is 1. The van der Waals surface area contributed by atoms with Gasteiger partial charge in [0.15, 0.2) is 11.2 Å². The Labute approximate surface area is 156 Å². The third-order valence-electron chi connectivity index (χ3n) is 5.24. The van der Waals surface area contributed by atoms with Gasteiger partial charge in [-0.05, 0) is 27.7 Å². The van der Waals surface area contributed by atoms with Crippen LogP contribution in [0.2, 0.25) is 0 Å². The molecule has 0 atom stereocenters. The van der Waals surface area contributed by atoms with Gasteiger partial charge in [0.25, 0.3) is 5.56 Å². The Morgan fingerprint density at radius 2 is 1.59 bits per heavy atom. The Bertz CT molecular complexity index is 1050. The van der Waals surface area contributed by atoms with Gasteiger partial charge in [-0.1, -0.05) is 0 Å². The molecule has 0 N–H and O–H groups in total. The van der Waals surface area contributed by atoms with Crippen molar-refractivity contribution in [1.82, 2.24) is 23.6 Å². The molecule has 27 heavy (non-hydrogen) atoms.